The number of thioether (sulfide) groups is 1. The molecular weight excluding hydrogens is 174 g/mol. The van der Waals surface area contributed by atoms with Crippen LogP contribution in [-0.4, -0.2) is 22.5 Å². The van der Waals surface area contributed by atoms with Crippen molar-refractivity contribution >= 4 is 11.8 Å². The number of nitrogens with two attached hydrogens (primary N) is 1. The van der Waals surface area contributed by atoms with Crippen LogP contribution in [0.4, 0.5) is 0 Å². The third-order valence-electron chi connectivity index (χ3n) is 1.31. The normalized spacial score (nSPS) is 10.5. The zero-order valence-corrected chi connectivity index (χ0v) is 7.93. The van der Waals surface area contributed by atoms with Crippen LogP contribution in [0.1, 0.15) is 19.2 Å². The molecule has 0 amide bonds. The molecular formula is C7H13N3OS. The first-order valence-corrected chi connectivity index (χ1v) is 5.00. The van der Waals surface area contributed by atoms with Crippen molar-refractivity contribution in [2.45, 2.75) is 25.0 Å². The molecule has 68 valence electrons. The zero-order chi connectivity index (χ0) is 8.81. The van der Waals surface area contributed by atoms with Crippen LogP contribution >= 0.6 is 11.8 Å². The van der Waals surface area contributed by atoms with Gasteiger partial charge >= 0.3 is 0 Å². The van der Waals surface area contributed by atoms with Crippen molar-refractivity contribution in [3.05, 3.63) is 5.89 Å². The molecule has 0 aliphatic rings. The molecule has 1 heterocycles. The van der Waals surface area contributed by atoms with Crippen LogP contribution in [0, 0.1) is 0 Å². The molecule has 0 bridgehead atoms. The van der Waals surface area contributed by atoms with Crippen LogP contribution < -0.4 is 5.73 Å². The van der Waals surface area contributed by atoms with E-state index in [-0.39, 0.29) is 0 Å². The molecule has 1 aromatic rings. The molecule has 1 aromatic heterocycles. The minimum Gasteiger partial charge on any atom is -0.416 e. The number of hydrogen-bond donors (Lipinski definition) is 1. The first kappa shape index (κ1) is 9.54. The highest BCUT2D eigenvalue weighted by atomic mass is 32.2. The smallest absolute Gasteiger partial charge is 0.276 e. The first-order chi connectivity index (χ1) is 5.86. The Hall–Kier alpha value is -0.550. The SMILES string of the molecule is CCSc1nnc(CCCN)o1. The lowest BCUT2D eigenvalue weighted by atomic mass is 10.3. The highest BCUT2D eigenvalue weighted by Crippen LogP contribution is 2.15. The third-order valence-corrected chi connectivity index (χ3v) is 2.01. The summed E-state index contributed by atoms with van der Waals surface area (Å²) in [5.41, 5.74) is 5.35. The standard InChI is InChI=1S/C7H13N3OS/c1-2-12-7-10-9-6(11-7)4-3-5-8/h2-5,8H2,1H3. The predicted octanol–water partition coefficient (Wildman–Crippen LogP) is 1.07. The fourth-order valence-corrected chi connectivity index (χ4v) is 1.27. The van der Waals surface area contributed by atoms with E-state index in [9.17, 15) is 0 Å². The Balaban J connectivity index is 2.41. The number of aryl methyl sites for hydroxylation is 1. The van der Waals surface area contributed by atoms with E-state index in [4.69, 9.17) is 10.2 Å². The van der Waals surface area contributed by atoms with Crippen LogP contribution in [0.3, 0.4) is 0 Å². The van der Waals surface area contributed by atoms with Gasteiger partial charge in [-0.25, -0.2) is 0 Å². The first-order valence-electron chi connectivity index (χ1n) is 4.02. The van der Waals surface area contributed by atoms with E-state index in [1.165, 1.54) is 0 Å². The Bertz CT molecular complexity index is 226. The molecule has 0 atom stereocenters. The lowest BCUT2D eigenvalue weighted by Crippen LogP contribution is -2.00. The van der Waals surface area contributed by atoms with Gasteiger partial charge in [0.2, 0.25) is 5.89 Å². The van der Waals surface area contributed by atoms with Gasteiger partial charge in [-0.1, -0.05) is 18.7 Å². The van der Waals surface area contributed by atoms with Crippen molar-refractivity contribution in [1.29, 1.82) is 0 Å². The molecule has 0 spiro atoms. The number of hydrogen-bond acceptors (Lipinski definition) is 5. The Kier molecular flexibility index (Phi) is 4.10. The van der Waals surface area contributed by atoms with Gasteiger partial charge in [-0.05, 0) is 18.7 Å². The van der Waals surface area contributed by atoms with E-state index in [0.717, 1.165) is 18.6 Å². The number of rotatable bonds is 5. The fourth-order valence-electron chi connectivity index (χ4n) is 0.774. The van der Waals surface area contributed by atoms with Crippen LogP contribution in [-0.2, 0) is 6.42 Å². The Labute approximate surface area is 75.9 Å². The summed E-state index contributed by atoms with van der Waals surface area (Å²) in [6.07, 6.45) is 1.69. The van der Waals surface area contributed by atoms with Crippen molar-refractivity contribution in [2.75, 3.05) is 12.3 Å². The molecule has 0 aliphatic heterocycles. The summed E-state index contributed by atoms with van der Waals surface area (Å²) in [7, 11) is 0. The van der Waals surface area contributed by atoms with Gasteiger partial charge < -0.3 is 10.2 Å². The summed E-state index contributed by atoms with van der Waals surface area (Å²) in [5.74, 6) is 1.65. The average molecular weight is 187 g/mol. The maximum atomic E-state index is 5.35. The van der Waals surface area contributed by atoms with E-state index in [2.05, 4.69) is 17.1 Å². The minimum atomic E-state index is 0.657. The third kappa shape index (κ3) is 2.83. The molecule has 0 aliphatic carbocycles. The van der Waals surface area contributed by atoms with E-state index < -0.39 is 0 Å². The van der Waals surface area contributed by atoms with Crippen molar-refractivity contribution < 1.29 is 4.42 Å². The second-order valence-corrected chi connectivity index (χ2v) is 3.50. The van der Waals surface area contributed by atoms with Crippen molar-refractivity contribution in [3.8, 4) is 0 Å². The Morgan fingerprint density at radius 2 is 2.33 bits per heavy atom. The van der Waals surface area contributed by atoms with Gasteiger partial charge in [-0.3, -0.25) is 0 Å². The van der Waals surface area contributed by atoms with Crippen LogP contribution in [0.15, 0.2) is 9.64 Å². The molecule has 0 unspecified atom stereocenters. The molecule has 0 saturated heterocycles. The van der Waals surface area contributed by atoms with Crippen molar-refractivity contribution in [2.24, 2.45) is 5.73 Å². The van der Waals surface area contributed by atoms with Gasteiger partial charge in [-0.15, -0.1) is 10.2 Å². The van der Waals surface area contributed by atoms with Crippen LogP contribution in [0.25, 0.3) is 0 Å². The van der Waals surface area contributed by atoms with Gasteiger partial charge in [0, 0.05) is 6.42 Å². The molecule has 4 nitrogen and oxygen atoms in total. The molecule has 0 aromatic carbocycles. The number of nitrogens with zero attached hydrogens (tertiary/aromatic N) is 2. The molecule has 1 rings (SSSR count). The van der Waals surface area contributed by atoms with Crippen molar-refractivity contribution in [3.63, 3.8) is 0 Å². The maximum absolute atomic E-state index is 5.35. The van der Waals surface area contributed by atoms with Gasteiger partial charge in [0.15, 0.2) is 0 Å². The molecule has 0 radical (unpaired) electrons. The largest absolute Gasteiger partial charge is 0.416 e. The molecule has 5 heteroatoms. The van der Waals surface area contributed by atoms with Crippen LogP contribution in [0.5, 0.6) is 0 Å². The van der Waals surface area contributed by atoms with E-state index >= 15 is 0 Å². The second-order valence-electron chi connectivity index (χ2n) is 2.29. The van der Waals surface area contributed by atoms with E-state index in [1.54, 1.807) is 11.8 Å². The van der Waals surface area contributed by atoms with E-state index in [1.807, 2.05) is 0 Å². The van der Waals surface area contributed by atoms with E-state index in [0.29, 0.717) is 17.7 Å². The summed E-state index contributed by atoms with van der Waals surface area (Å²) in [4.78, 5) is 0. The lowest BCUT2D eigenvalue weighted by molar-refractivity contribution is 0.410. The monoisotopic (exact) mass is 187 g/mol. The maximum Gasteiger partial charge on any atom is 0.276 e. The Morgan fingerprint density at radius 3 is 3.00 bits per heavy atom. The summed E-state index contributed by atoms with van der Waals surface area (Å²) < 4.78 is 5.31. The van der Waals surface area contributed by atoms with Crippen molar-refractivity contribution in [1.82, 2.24) is 10.2 Å². The predicted molar refractivity (Wildman–Crippen MR) is 48.1 cm³/mol. The Morgan fingerprint density at radius 1 is 1.50 bits per heavy atom. The summed E-state index contributed by atoms with van der Waals surface area (Å²) in [6.45, 7) is 2.72. The van der Waals surface area contributed by atoms with Gasteiger partial charge in [0.1, 0.15) is 0 Å². The molecule has 0 saturated carbocycles. The van der Waals surface area contributed by atoms with Gasteiger partial charge in [0.05, 0.1) is 0 Å². The number of aromatic nitrogens is 2. The fraction of sp³-hybridized carbons (Fsp3) is 0.714. The molecule has 0 fully saturated rings. The average Bonchev–Trinajstić information content (AvgIpc) is 2.50. The molecule has 2 N–H and O–H groups in total. The minimum absolute atomic E-state index is 0.657. The second kappa shape index (κ2) is 5.16. The lowest BCUT2D eigenvalue weighted by Gasteiger charge is -1.89. The van der Waals surface area contributed by atoms with Gasteiger partial charge in [-0.2, -0.15) is 0 Å². The summed E-state index contributed by atoms with van der Waals surface area (Å²) in [6, 6.07) is 0. The topological polar surface area (TPSA) is 64.9 Å². The quantitative estimate of drug-likeness (QED) is 0.698. The highest BCUT2D eigenvalue weighted by molar-refractivity contribution is 7.99. The zero-order valence-electron chi connectivity index (χ0n) is 7.12. The van der Waals surface area contributed by atoms with Gasteiger partial charge in [0.25, 0.3) is 5.22 Å². The summed E-state index contributed by atoms with van der Waals surface area (Å²) >= 11 is 1.56. The van der Waals surface area contributed by atoms with Crippen LogP contribution in [0.2, 0.25) is 0 Å². The summed E-state index contributed by atoms with van der Waals surface area (Å²) in [5, 5.41) is 8.40. The molecule has 12 heavy (non-hydrogen) atoms. The highest BCUT2D eigenvalue weighted by Gasteiger charge is 2.03.